The summed E-state index contributed by atoms with van der Waals surface area (Å²) >= 11 is 1.10. The van der Waals surface area contributed by atoms with Crippen LogP contribution in [0.3, 0.4) is 0 Å². The monoisotopic (exact) mass is 300 g/mol. The number of carbonyl (C=O) groups excluding carboxylic acids is 2. The smallest absolute Gasteiger partial charge is 0.324 e. The molecule has 1 aliphatic heterocycles. The predicted molar refractivity (Wildman–Crippen MR) is 72.3 cm³/mol. The number of nitrogens with one attached hydrogen (secondary N) is 1. The van der Waals surface area contributed by atoms with Crippen LogP contribution in [-0.2, 0) is 4.79 Å². The first-order chi connectivity index (χ1) is 9.50. The van der Waals surface area contributed by atoms with Gasteiger partial charge in [0.15, 0.2) is 0 Å². The number of carbonyl (C=O) groups is 2. The standard InChI is InChI=1S/C13H14F2N2O2S/c1-8(12-9(14)3-2-4-10(12)15)20-7-11(18)17-6-5-16-13(17)19/h2-4,8H,5-7H2,1H3,(H,16,19)/t8-/m1/s1. The zero-order valence-corrected chi connectivity index (χ0v) is 11.7. The van der Waals surface area contributed by atoms with Crippen molar-refractivity contribution in [1.82, 2.24) is 10.2 Å². The number of rotatable bonds is 4. The lowest BCUT2D eigenvalue weighted by Crippen LogP contribution is -2.35. The summed E-state index contributed by atoms with van der Waals surface area (Å²) in [7, 11) is 0. The lowest BCUT2D eigenvalue weighted by molar-refractivity contribution is -0.124. The van der Waals surface area contributed by atoms with E-state index in [0.717, 1.165) is 16.7 Å². The molecule has 2 rings (SSSR count). The fraction of sp³-hybridized carbons (Fsp3) is 0.385. The van der Waals surface area contributed by atoms with Crippen molar-refractivity contribution in [3.8, 4) is 0 Å². The van der Waals surface area contributed by atoms with Gasteiger partial charge in [0.25, 0.3) is 0 Å². The molecule has 1 aromatic carbocycles. The van der Waals surface area contributed by atoms with E-state index in [0.29, 0.717) is 13.1 Å². The van der Waals surface area contributed by atoms with Crippen molar-refractivity contribution >= 4 is 23.7 Å². The number of amides is 3. The van der Waals surface area contributed by atoms with Gasteiger partial charge in [-0.2, -0.15) is 0 Å². The molecular formula is C13H14F2N2O2S. The van der Waals surface area contributed by atoms with E-state index < -0.39 is 22.9 Å². The van der Waals surface area contributed by atoms with E-state index in [-0.39, 0.29) is 17.2 Å². The van der Waals surface area contributed by atoms with Crippen LogP contribution in [-0.4, -0.2) is 35.7 Å². The van der Waals surface area contributed by atoms with Crippen molar-refractivity contribution < 1.29 is 18.4 Å². The summed E-state index contributed by atoms with van der Waals surface area (Å²) in [5, 5.41) is 2.02. The maximum Gasteiger partial charge on any atom is 0.324 e. The van der Waals surface area contributed by atoms with Crippen molar-refractivity contribution in [2.24, 2.45) is 0 Å². The number of urea groups is 1. The summed E-state index contributed by atoms with van der Waals surface area (Å²) in [5.74, 6) is -1.61. The van der Waals surface area contributed by atoms with Crippen molar-refractivity contribution in [2.45, 2.75) is 12.2 Å². The van der Waals surface area contributed by atoms with Gasteiger partial charge in [0.05, 0.1) is 5.75 Å². The highest BCUT2D eigenvalue weighted by molar-refractivity contribution is 8.00. The van der Waals surface area contributed by atoms with Crippen LogP contribution in [0, 0.1) is 11.6 Å². The predicted octanol–water partition coefficient (Wildman–Crippen LogP) is 2.31. The molecule has 1 N–H and O–H groups in total. The Balaban J connectivity index is 1.97. The van der Waals surface area contributed by atoms with E-state index in [4.69, 9.17) is 0 Å². The normalized spacial score (nSPS) is 16.1. The van der Waals surface area contributed by atoms with Crippen LogP contribution in [0.5, 0.6) is 0 Å². The minimum Gasteiger partial charge on any atom is -0.336 e. The zero-order valence-electron chi connectivity index (χ0n) is 10.9. The molecule has 1 aliphatic rings. The molecule has 1 aromatic rings. The number of hydrogen-bond acceptors (Lipinski definition) is 3. The molecule has 0 unspecified atom stereocenters. The fourth-order valence-corrected chi connectivity index (χ4v) is 2.91. The van der Waals surface area contributed by atoms with Gasteiger partial charge in [0.2, 0.25) is 5.91 Å². The average molecular weight is 300 g/mol. The topological polar surface area (TPSA) is 49.4 Å². The van der Waals surface area contributed by atoms with E-state index in [1.54, 1.807) is 6.92 Å². The number of imide groups is 1. The first kappa shape index (κ1) is 14.8. The molecule has 0 radical (unpaired) electrons. The molecule has 0 aromatic heterocycles. The van der Waals surface area contributed by atoms with Crippen LogP contribution < -0.4 is 5.32 Å². The highest BCUT2D eigenvalue weighted by Crippen LogP contribution is 2.32. The lowest BCUT2D eigenvalue weighted by Gasteiger charge is -2.16. The summed E-state index contributed by atoms with van der Waals surface area (Å²) in [5.41, 5.74) is -0.0452. The first-order valence-corrected chi connectivity index (χ1v) is 7.19. The van der Waals surface area contributed by atoms with Crippen molar-refractivity contribution in [3.05, 3.63) is 35.4 Å². The molecule has 0 aliphatic carbocycles. The Bertz CT molecular complexity index is 519. The number of halogens is 2. The van der Waals surface area contributed by atoms with Crippen molar-refractivity contribution in [2.75, 3.05) is 18.8 Å². The van der Waals surface area contributed by atoms with Gasteiger partial charge >= 0.3 is 6.03 Å². The second-order valence-electron chi connectivity index (χ2n) is 4.37. The van der Waals surface area contributed by atoms with Crippen LogP contribution in [0.1, 0.15) is 17.7 Å². The molecule has 1 saturated heterocycles. The highest BCUT2D eigenvalue weighted by atomic mass is 32.2. The van der Waals surface area contributed by atoms with Gasteiger partial charge in [-0.3, -0.25) is 9.69 Å². The number of hydrogen-bond donors (Lipinski definition) is 1. The second-order valence-corrected chi connectivity index (χ2v) is 5.69. The van der Waals surface area contributed by atoms with Crippen molar-refractivity contribution in [1.29, 1.82) is 0 Å². The molecule has 1 fully saturated rings. The molecule has 20 heavy (non-hydrogen) atoms. The number of nitrogens with zero attached hydrogens (tertiary/aromatic N) is 1. The number of thioether (sulfide) groups is 1. The molecule has 1 atom stereocenters. The van der Waals surface area contributed by atoms with E-state index >= 15 is 0 Å². The Hall–Kier alpha value is -1.63. The molecule has 0 spiro atoms. The molecule has 0 bridgehead atoms. The Kier molecular flexibility index (Phi) is 4.59. The van der Waals surface area contributed by atoms with Gasteiger partial charge in [-0.05, 0) is 19.1 Å². The van der Waals surface area contributed by atoms with Gasteiger partial charge < -0.3 is 5.32 Å². The summed E-state index contributed by atoms with van der Waals surface area (Å²) < 4.78 is 27.2. The van der Waals surface area contributed by atoms with Crippen LogP contribution >= 0.6 is 11.8 Å². The SMILES string of the molecule is C[C@@H](SCC(=O)N1CCNC1=O)c1c(F)cccc1F. The van der Waals surface area contributed by atoms with Crippen LogP contribution in [0.4, 0.5) is 13.6 Å². The van der Waals surface area contributed by atoms with Gasteiger partial charge in [-0.25, -0.2) is 13.6 Å². The third kappa shape index (κ3) is 3.09. The molecular weight excluding hydrogens is 286 g/mol. The van der Waals surface area contributed by atoms with Gasteiger partial charge in [0, 0.05) is 23.9 Å². The summed E-state index contributed by atoms with van der Waals surface area (Å²) in [6.45, 7) is 2.40. The van der Waals surface area contributed by atoms with Gasteiger partial charge in [-0.15, -0.1) is 11.8 Å². The molecule has 0 saturated carbocycles. The fourth-order valence-electron chi connectivity index (χ4n) is 1.97. The average Bonchev–Trinajstić information content (AvgIpc) is 2.82. The Labute approximate surface area is 119 Å². The van der Waals surface area contributed by atoms with Gasteiger partial charge in [0.1, 0.15) is 11.6 Å². The summed E-state index contributed by atoms with van der Waals surface area (Å²) in [6.07, 6.45) is 0. The van der Waals surface area contributed by atoms with Crippen LogP contribution in [0.15, 0.2) is 18.2 Å². The van der Waals surface area contributed by atoms with E-state index in [1.807, 2.05) is 0 Å². The maximum absolute atomic E-state index is 13.6. The minimum absolute atomic E-state index is 0.00234. The first-order valence-electron chi connectivity index (χ1n) is 6.14. The molecule has 4 nitrogen and oxygen atoms in total. The Morgan fingerprint density at radius 1 is 1.45 bits per heavy atom. The quantitative estimate of drug-likeness (QED) is 0.928. The largest absolute Gasteiger partial charge is 0.336 e. The van der Waals surface area contributed by atoms with Crippen molar-refractivity contribution in [3.63, 3.8) is 0 Å². The Morgan fingerprint density at radius 3 is 2.65 bits per heavy atom. The van der Waals surface area contributed by atoms with E-state index in [1.165, 1.54) is 18.2 Å². The van der Waals surface area contributed by atoms with Crippen LogP contribution in [0.2, 0.25) is 0 Å². The van der Waals surface area contributed by atoms with E-state index in [2.05, 4.69) is 5.32 Å². The molecule has 7 heteroatoms. The minimum atomic E-state index is -0.628. The second kappa shape index (κ2) is 6.21. The third-order valence-electron chi connectivity index (χ3n) is 3.02. The number of benzene rings is 1. The highest BCUT2D eigenvalue weighted by Gasteiger charge is 2.27. The molecule has 108 valence electrons. The third-order valence-corrected chi connectivity index (χ3v) is 4.17. The summed E-state index contributed by atoms with van der Waals surface area (Å²) in [6, 6.07) is 3.25. The van der Waals surface area contributed by atoms with Crippen LogP contribution in [0.25, 0.3) is 0 Å². The summed E-state index contributed by atoms with van der Waals surface area (Å²) in [4.78, 5) is 24.2. The molecule has 3 amide bonds. The zero-order chi connectivity index (χ0) is 14.7. The maximum atomic E-state index is 13.6. The lowest BCUT2D eigenvalue weighted by atomic mass is 10.1. The Morgan fingerprint density at radius 2 is 2.10 bits per heavy atom. The molecule has 1 heterocycles. The van der Waals surface area contributed by atoms with Gasteiger partial charge in [-0.1, -0.05) is 6.07 Å². The van der Waals surface area contributed by atoms with E-state index in [9.17, 15) is 18.4 Å².